The Morgan fingerprint density at radius 3 is 2.35 bits per heavy atom. The summed E-state index contributed by atoms with van der Waals surface area (Å²) in [7, 11) is 0. The second-order valence-electron chi connectivity index (χ2n) is 5.75. The molecule has 0 fully saturated rings. The van der Waals surface area contributed by atoms with Crippen molar-refractivity contribution in [2.75, 3.05) is 5.32 Å². The maximum absolute atomic E-state index is 12.3. The molecule has 120 valence electrons. The first kappa shape index (κ1) is 16.5. The molecule has 0 aromatic heterocycles. The molecule has 0 unspecified atom stereocenters. The molecule has 2 rings (SSSR count). The van der Waals surface area contributed by atoms with Crippen LogP contribution in [0.4, 0.5) is 5.69 Å². The molecule has 2 aromatic carbocycles. The van der Waals surface area contributed by atoms with Crippen LogP contribution in [0.15, 0.2) is 48.5 Å². The van der Waals surface area contributed by atoms with Gasteiger partial charge >= 0.3 is 5.97 Å². The minimum atomic E-state index is -1.34. The third-order valence-electron chi connectivity index (χ3n) is 3.82. The summed E-state index contributed by atoms with van der Waals surface area (Å²) in [6, 6.07) is 13.5. The fourth-order valence-corrected chi connectivity index (χ4v) is 2.37. The molecule has 0 aliphatic rings. The number of carboxylic acids is 1. The zero-order valence-corrected chi connectivity index (χ0v) is 13.0. The van der Waals surface area contributed by atoms with Crippen molar-refractivity contribution in [1.29, 1.82) is 0 Å². The second kappa shape index (κ2) is 6.52. The first-order chi connectivity index (χ1) is 10.8. The van der Waals surface area contributed by atoms with Gasteiger partial charge in [0.1, 0.15) is 5.75 Å². The van der Waals surface area contributed by atoms with Crippen molar-refractivity contribution in [3.8, 4) is 5.75 Å². The predicted octanol–water partition coefficient (Wildman–Crippen LogP) is 3.07. The normalized spacial score (nSPS) is 13.1. The Labute approximate surface area is 134 Å². The van der Waals surface area contributed by atoms with Gasteiger partial charge in [-0.3, -0.25) is 9.59 Å². The minimum Gasteiger partial charge on any atom is -0.506 e. The number of benzene rings is 2. The van der Waals surface area contributed by atoms with Crippen molar-refractivity contribution in [2.24, 2.45) is 0 Å². The molecule has 3 N–H and O–H groups in total. The van der Waals surface area contributed by atoms with E-state index in [1.54, 1.807) is 42.5 Å². The average Bonchev–Trinajstić information content (AvgIpc) is 2.50. The number of rotatable bonds is 5. The van der Waals surface area contributed by atoms with Crippen LogP contribution < -0.4 is 5.32 Å². The monoisotopic (exact) mass is 313 g/mol. The number of carboxylic acid groups (broad SMARTS) is 1. The van der Waals surface area contributed by atoms with Crippen molar-refractivity contribution in [3.05, 3.63) is 59.7 Å². The second-order valence-corrected chi connectivity index (χ2v) is 5.75. The van der Waals surface area contributed by atoms with Gasteiger partial charge in [-0.25, -0.2) is 0 Å². The van der Waals surface area contributed by atoms with Crippen molar-refractivity contribution in [2.45, 2.75) is 25.7 Å². The molecule has 0 saturated carbocycles. The van der Waals surface area contributed by atoms with Gasteiger partial charge < -0.3 is 15.5 Å². The van der Waals surface area contributed by atoms with Crippen LogP contribution in [0.5, 0.6) is 5.75 Å². The molecule has 0 heterocycles. The van der Waals surface area contributed by atoms with E-state index in [4.69, 9.17) is 0 Å². The Balaban J connectivity index is 2.20. The summed E-state index contributed by atoms with van der Waals surface area (Å²) < 4.78 is 0. The number of carbonyl (C=O) groups excluding carboxylic acids is 1. The zero-order valence-electron chi connectivity index (χ0n) is 13.0. The number of amides is 1. The number of nitrogens with one attached hydrogen (secondary N) is 1. The highest BCUT2D eigenvalue weighted by atomic mass is 16.4. The standard InChI is InChI=1S/C18H19NO4/c1-12-8-9-14(15(20)10-12)19-16(21)11-18(2,17(22)23)13-6-4-3-5-7-13/h3-10,20H,11H2,1-2H3,(H,19,21)(H,22,23)/t18-/m0/s1. The quantitative estimate of drug-likeness (QED) is 0.740. The lowest BCUT2D eigenvalue weighted by molar-refractivity contribution is -0.145. The lowest BCUT2D eigenvalue weighted by Gasteiger charge is -2.24. The average molecular weight is 313 g/mol. The highest BCUT2D eigenvalue weighted by molar-refractivity contribution is 5.97. The van der Waals surface area contributed by atoms with E-state index in [1.807, 2.05) is 6.92 Å². The smallest absolute Gasteiger partial charge is 0.314 e. The highest BCUT2D eigenvalue weighted by Gasteiger charge is 2.37. The van der Waals surface area contributed by atoms with Gasteiger partial charge in [0.15, 0.2) is 0 Å². The van der Waals surface area contributed by atoms with Gasteiger partial charge in [-0.2, -0.15) is 0 Å². The zero-order chi connectivity index (χ0) is 17.0. The lowest BCUT2D eigenvalue weighted by atomic mass is 9.79. The van der Waals surface area contributed by atoms with E-state index in [-0.39, 0.29) is 17.9 Å². The molecule has 0 spiro atoms. The Bertz CT molecular complexity index is 727. The number of aliphatic carboxylic acids is 1. The molecule has 1 atom stereocenters. The molecule has 0 aliphatic heterocycles. The van der Waals surface area contributed by atoms with Crippen LogP contribution in [0.25, 0.3) is 0 Å². The molecular weight excluding hydrogens is 294 g/mol. The molecule has 2 aromatic rings. The van der Waals surface area contributed by atoms with Crippen molar-refractivity contribution >= 4 is 17.6 Å². The molecule has 5 heteroatoms. The molecule has 0 radical (unpaired) electrons. The molecule has 1 amide bonds. The Kier molecular flexibility index (Phi) is 4.69. The maximum atomic E-state index is 12.3. The van der Waals surface area contributed by atoms with Crippen LogP contribution in [-0.2, 0) is 15.0 Å². The van der Waals surface area contributed by atoms with Crippen molar-refractivity contribution in [1.82, 2.24) is 0 Å². The third-order valence-corrected chi connectivity index (χ3v) is 3.82. The van der Waals surface area contributed by atoms with Gasteiger partial charge in [-0.05, 0) is 37.1 Å². The fraction of sp³-hybridized carbons (Fsp3) is 0.222. The van der Waals surface area contributed by atoms with Crippen molar-refractivity contribution in [3.63, 3.8) is 0 Å². The molecular formula is C18H19NO4. The summed E-state index contributed by atoms with van der Waals surface area (Å²) in [5.74, 6) is -1.60. The van der Waals surface area contributed by atoms with E-state index in [2.05, 4.69) is 5.32 Å². The summed E-state index contributed by atoms with van der Waals surface area (Å²) >= 11 is 0. The minimum absolute atomic E-state index is 0.0462. The van der Waals surface area contributed by atoms with Gasteiger partial charge in [-0.15, -0.1) is 0 Å². The lowest BCUT2D eigenvalue weighted by Crippen LogP contribution is -2.36. The Morgan fingerprint density at radius 2 is 1.78 bits per heavy atom. The number of aromatic hydroxyl groups is 1. The molecule has 5 nitrogen and oxygen atoms in total. The van der Waals surface area contributed by atoms with E-state index in [0.29, 0.717) is 5.56 Å². The third kappa shape index (κ3) is 3.69. The number of aryl methyl sites for hydroxylation is 1. The molecule has 0 bridgehead atoms. The molecule has 0 saturated heterocycles. The van der Waals surface area contributed by atoms with Gasteiger partial charge in [0.2, 0.25) is 5.91 Å². The Morgan fingerprint density at radius 1 is 1.13 bits per heavy atom. The van der Waals surface area contributed by atoms with E-state index in [9.17, 15) is 19.8 Å². The fourth-order valence-electron chi connectivity index (χ4n) is 2.37. The van der Waals surface area contributed by atoms with Crippen LogP contribution >= 0.6 is 0 Å². The summed E-state index contributed by atoms with van der Waals surface area (Å²) in [5, 5.41) is 22.0. The molecule has 0 aliphatic carbocycles. The number of hydrogen-bond acceptors (Lipinski definition) is 3. The predicted molar refractivity (Wildman–Crippen MR) is 87.5 cm³/mol. The van der Waals surface area contributed by atoms with Crippen molar-refractivity contribution < 1.29 is 19.8 Å². The SMILES string of the molecule is Cc1ccc(NC(=O)C[C@](C)(C(=O)O)c2ccccc2)c(O)c1. The summed E-state index contributed by atoms with van der Waals surface area (Å²) in [4.78, 5) is 23.9. The van der Waals surface area contributed by atoms with Gasteiger partial charge in [0, 0.05) is 6.42 Å². The van der Waals surface area contributed by atoms with E-state index in [1.165, 1.54) is 13.0 Å². The van der Waals surface area contributed by atoms with Crippen LogP contribution in [0, 0.1) is 6.92 Å². The largest absolute Gasteiger partial charge is 0.506 e. The summed E-state index contributed by atoms with van der Waals surface area (Å²) in [6.45, 7) is 3.33. The van der Waals surface area contributed by atoms with E-state index in [0.717, 1.165) is 5.56 Å². The number of phenolic OH excluding ortho intramolecular Hbond substituents is 1. The molecule has 23 heavy (non-hydrogen) atoms. The van der Waals surface area contributed by atoms with Gasteiger partial charge in [-0.1, -0.05) is 36.4 Å². The van der Waals surface area contributed by atoms with Crippen LogP contribution in [0.3, 0.4) is 0 Å². The van der Waals surface area contributed by atoms with E-state index < -0.39 is 17.3 Å². The van der Waals surface area contributed by atoms with Crippen LogP contribution in [0.1, 0.15) is 24.5 Å². The highest BCUT2D eigenvalue weighted by Crippen LogP contribution is 2.30. The maximum Gasteiger partial charge on any atom is 0.314 e. The Hall–Kier alpha value is -2.82. The van der Waals surface area contributed by atoms with Gasteiger partial charge in [0.05, 0.1) is 11.1 Å². The number of anilines is 1. The van der Waals surface area contributed by atoms with Crippen LogP contribution in [-0.4, -0.2) is 22.1 Å². The topological polar surface area (TPSA) is 86.6 Å². The number of hydrogen-bond donors (Lipinski definition) is 3. The summed E-state index contributed by atoms with van der Waals surface area (Å²) in [5.41, 5.74) is 0.336. The first-order valence-corrected chi connectivity index (χ1v) is 7.21. The van der Waals surface area contributed by atoms with Gasteiger partial charge in [0.25, 0.3) is 0 Å². The number of carbonyl (C=O) groups is 2. The summed E-state index contributed by atoms with van der Waals surface area (Å²) in [6.07, 6.45) is -0.236. The van der Waals surface area contributed by atoms with Crippen LogP contribution in [0.2, 0.25) is 0 Å². The number of phenols is 1. The van der Waals surface area contributed by atoms with E-state index >= 15 is 0 Å². The first-order valence-electron chi connectivity index (χ1n) is 7.21.